The number of piperidine rings is 1. The third kappa shape index (κ3) is 3.01. The zero-order valence-electron chi connectivity index (χ0n) is 13.1. The summed E-state index contributed by atoms with van der Waals surface area (Å²) in [5.74, 6) is -0.105. The average molecular weight is 368 g/mol. The Morgan fingerprint density at radius 1 is 1.29 bits per heavy atom. The quantitative estimate of drug-likeness (QED) is 0.885. The molecule has 2 aliphatic rings. The number of aromatic nitrogens is 3. The summed E-state index contributed by atoms with van der Waals surface area (Å²) in [7, 11) is 0. The van der Waals surface area contributed by atoms with Crippen LogP contribution in [0.4, 0.5) is 5.69 Å². The summed E-state index contributed by atoms with van der Waals surface area (Å²) < 4.78 is 1.84. The molecule has 2 aromatic rings. The van der Waals surface area contributed by atoms with Crippen molar-refractivity contribution >= 4 is 35.6 Å². The smallest absolute Gasteiger partial charge is 0.280 e. The lowest BCUT2D eigenvalue weighted by Gasteiger charge is -2.22. The highest BCUT2D eigenvalue weighted by Crippen LogP contribution is 2.34. The van der Waals surface area contributed by atoms with Crippen molar-refractivity contribution in [3.05, 3.63) is 40.7 Å². The maximum atomic E-state index is 12.8. The Hall–Kier alpha value is -1.63. The summed E-state index contributed by atoms with van der Waals surface area (Å²) in [5, 5.41) is 12.3. The van der Waals surface area contributed by atoms with Gasteiger partial charge in [-0.3, -0.25) is 4.79 Å². The molecule has 3 heterocycles. The van der Waals surface area contributed by atoms with Gasteiger partial charge in [0, 0.05) is 17.3 Å². The number of anilines is 1. The standard InChI is InChI=1S/C16H18ClN5O.ClH/c17-13-2-1-3-15-12(13)6-9-21(15)16(23)14-10-22(20-19-14)11-4-7-18-8-5-11;/h1-3,10-11,18H,4-9H2;1H. The first-order chi connectivity index (χ1) is 11.2. The van der Waals surface area contributed by atoms with Crippen molar-refractivity contribution in [1.29, 1.82) is 0 Å². The number of halogens is 2. The van der Waals surface area contributed by atoms with E-state index >= 15 is 0 Å². The molecule has 8 heteroatoms. The topological polar surface area (TPSA) is 63.1 Å². The van der Waals surface area contributed by atoms with Gasteiger partial charge in [0.15, 0.2) is 5.69 Å². The highest BCUT2D eigenvalue weighted by atomic mass is 35.5. The van der Waals surface area contributed by atoms with Crippen LogP contribution in [0, 0.1) is 0 Å². The molecular formula is C16H19Cl2N5O. The van der Waals surface area contributed by atoms with E-state index < -0.39 is 0 Å². The Bertz CT molecular complexity index is 742. The van der Waals surface area contributed by atoms with Gasteiger partial charge >= 0.3 is 0 Å². The number of hydrogen-bond donors (Lipinski definition) is 1. The fourth-order valence-electron chi connectivity index (χ4n) is 3.37. The predicted molar refractivity (Wildman–Crippen MR) is 95.2 cm³/mol. The Labute approximate surface area is 151 Å². The minimum Gasteiger partial charge on any atom is -0.317 e. The summed E-state index contributed by atoms with van der Waals surface area (Å²) in [5.41, 5.74) is 2.32. The molecule has 128 valence electrons. The van der Waals surface area contributed by atoms with Crippen LogP contribution in [0.5, 0.6) is 0 Å². The molecule has 0 unspecified atom stereocenters. The molecule has 0 bridgehead atoms. The molecule has 2 aliphatic heterocycles. The third-order valence-electron chi connectivity index (χ3n) is 4.63. The van der Waals surface area contributed by atoms with E-state index in [0.717, 1.165) is 48.6 Å². The number of fused-ring (bicyclic) bond motifs is 1. The molecule has 1 fully saturated rings. The number of nitrogens with zero attached hydrogens (tertiary/aromatic N) is 4. The van der Waals surface area contributed by atoms with E-state index in [2.05, 4.69) is 15.6 Å². The molecule has 1 aromatic heterocycles. The van der Waals surface area contributed by atoms with Gasteiger partial charge in [0.2, 0.25) is 0 Å². The van der Waals surface area contributed by atoms with E-state index in [1.54, 1.807) is 11.1 Å². The Balaban J connectivity index is 0.00000169. The number of carbonyl (C=O) groups is 1. The lowest BCUT2D eigenvalue weighted by molar-refractivity contribution is 0.0984. The maximum Gasteiger partial charge on any atom is 0.280 e. The number of nitrogens with one attached hydrogen (secondary N) is 1. The number of carbonyl (C=O) groups excluding carboxylic acids is 1. The zero-order chi connectivity index (χ0) is 15.8. The molecule has 1 amide bonds. The van der Waals surface area contributed by atoms with E-state index in [0.29, 0.717) is 18.3 Å². The van der Waals surface area contributed by atoms with Gasteiger partial charge in [-0.05, 0) is 50.0 Å². The molecule has 1 aromatic carbocycles. The van der Waals surface area contributed by atoms with Crippen LogP contribution in [0.25, 0.3) is 0 Å². The van der Waals surface area contributed by atoms with Crippen LogP contribution in [-0.4, -0.2) is 40.5 Å². The van der Waals surface area contributed by atoms with Crippen molar-refractivity contribution in [2.75, 3.05) is 24.5 Å². The van der Waals surface area contributed by atoms with Crippen molar-refractivity contribution in [1.82, 2.24) is 20.3 Å². The molecule has 4 rings (SSSR count). The highest BCUT2D eigenvalue weighted by molar-refractivity contribution is 6.32. The first-order valence-corrected chi connectivity index (χ1v) is 8.33. The monoisotopic (exact) mass is 367 g/mol. The summed E-state index contributed by atoms with van der Waals surface area (Å²) >= 11 is 6.22. The van der Waals surface area contributed by atoms with Gasteiger partial charge in [0.05, 0.1) is 12.2 Å². The average Bonchev–Trinajstić information content (AvgIpc) is 3.23. The largest absolute Gasteiger partial charge is 0.317 e. The van der Waals surface area contributed by atoms with Crippen LogP contribution in [-0.2, 0) is 6.42 Å². The molecule has 6 nitrogen and oxygen atoms in total. The Morgan fingerprint density at radius 3 is 2.88 bits per heavy atom. The molecule has 0 atom stereocenters. The van der Waals surface area contributed by atoms with Crippen LogP contribution >= 0.6 is 24.0 Å². The lowest BCUT2D eigenvalue weighted by atomic mass is 10.1. The zero-order valence-corrected chi connectivity index (χ0v) is 14.7. The van der Waals surface area contributed by atoms with E-state index in [9.17, 15) is 4.79 Å². The van der Waals surface area contributed by atoms with Gasteiger partial charge in [0.1, 0.15) is 0 Å². The van der Waals surface area contributed by atoms with Crippen molar-refractivity contribution in [3.8, 4) is 0 Å². The van der Waals surface area contributed by atoms with Gasteiger partial charge in [0.25, 0.3) is 5.91 Å². The first-order valence-electron chi connectivity index (χ1n) is 7.96. The van der Waals surface area contributed by atoms with Gasteiger partial charge < -0.3 is 10.2 Å². The van der Waals surface area contributed by atoms with Crippen LogP contribution in [0.1, 0.15) is 34.9 Å². The molecule has 1 saturated heterocycles. The van der Waals surface area contributed by atoms with E-state index in [4.69, 9.17) is 11.6 Å². The first kappa shape index (κ1) is 17.2. The summed E-state index contributed by atoms with van der Waals surface area (Å²) in [6.07, 6.45) is 4.59. The second kappa shape index (κ2) is 7.09. The van der Waals surface area contributed by atoms with Crippen LogP contribution in [0.2, 0.25) is 5.02 Å². The van der Waals surface area contributed by atoms with Gasteiger partial charge in [-0.2, -0.15) is 0 Å². The van der Waals surface area contributed by atoms with Crippen molar-refractivity contribution in [2.45, 2.75) is 25.3 Å². The second-order valence-corrected chi connectivity index (χ2v) is 6.42. The Morgan fingerprint density at radius 2 is 2.08 bits per heavy atom. The Kier molecular flexibility index (Phi) is 5.08. The van der Waals surface area contributed by atoms with Gasteiger partial charge in [-0.1, -0.05) is 22.9 Å². The minimum atomic E-state index is -0.105. The fraction of sp³-hybridized carbons (Fsp3) is 0.438. The van der Waals surface area contributed by atoms with Crippen LogP contribution in [0.15, 0.2) is 24.4 Å². The fourth-order valence-corrected chi connectivity index (χ4v) is 3.63. The summed E-state index contributed by atoms with van der Waals surface area (Å²) in [4.78, 5) is 14.5. The molecular weight excluding hydrogens is 349 g/mol. The number of amides is 1. The van der Waals surface area contributed by atoms with E-state index in [-0.39, 0.29) is 18.3 Å². The molecule has 24 heavy (non-hydrogen) atoms. The van der Waals surface area contributed by atoms with Crippen LogP contribution in [0.3, 0.4) is 0 Å². The molecule has 1 N–H and O–H groups in total. The normalized spacial score (nSPS) is 17.5. The number of rotatable bonds is 2. The number of benzene rings is 1. The van der Waals surface area contributed by atoms with Gasteiger partial charge in [-0.15, -0.1) is 17.5 Å². The lowest BCUT2D eigenvalue weighted by Crippen LogP contribution is -2.30. The predicted octanol–water partition coefficient (Wildman–Crippen LogP) is 2.48. The van der Waals surface area contributed by atoms with E-state index in [1.807, 2.05) is 22.9 Å². The third-order valence-corrected chi connectivity index (χ3v) is 4.98. The summed E-state index contributed by atoms with van der Waals surface area (Å²) in [6.45, 7) is 2.59. The molecule has 0 aliphatic carbocycles. The van der Waals surface area contributed by atoms with Crippen molar-refractivity contribution in [3.63, 3.8) is 0 Å². The SMILES string of the molecule is Cl.O=C(c1cn(C2CCNCC2)nn1)N1CCc2c(Cl)cccc21. The number of hydrogen-bond acceptors (Lipinski definition) is 4. The molecule has 0 spiro atoms. The highest BCUT2D eigenvalue weighted by Gasteiger charge is 2.29. The molecule has 0 saturated carbocycles. The van der Waals surface area contributed by atoms with E-state index in [1.165, 1.54) is 0 Å². The molecule has 0 radical (unpaired) electrons. The van der Waals surface area contributed by atoms with Crippen molar-refractivity contribution < 1.29 is 4.79 Å². The van der Waals surface area contributed by atoms with Crippen LogP contribution < -0.4 is 10.2 Å². The summed E-state index contributed by atoms with van der Waals surface area (Å²) in [6, 6.07) is 6.00. The van der Waals surface area contributed by atoms with Crippen molar-refractivity contribution in [2.24, 2.45) is 0 Å². The van der Waals surface area contributed by atoms with Gasteiger partial charge in [-0.25, -0.2) is 4.68 Å². The minimum absolute atomic E-state index is 0. The maximum absolute atomic E-state index is 12.8. The second-order valence-electron chi connectivity index (χ2n) is 6.01.